The van der Waals surface area contributed by atoms with Crippen LogP contribution in [-0.2, 0) is 31.7 Å². The number of hydrogen-bond acceptors (Lipinski definition) is 23. The van der Waals surface area contributed by atoms with Gasteiger partial charge in [0.1, 0.15) is 77.2 Å². The summed E-state index contributed by atoms with van der Waals surface area (Å²) in [7, 11) is 2.87. The number of amides is 7. The largest absolute Gasteiger partial charge is 0.508 e. The van der Waals surface area contributed by atoms with Gasteiger partial charge in [0.2, 0.25) is 0 Å². The van der Waals surface area contributed by atoms with E-state index in [0.29, 0.717) is 61.9 Å². The van der Waals surface area contributed by atoms with Gasteiger partial charge in [0.15, 0.2) is 54.4 Å². The SMILES string of the molecule is CC(C)CNC(=S)NNC(=O)c1ccc(COc2ccc(C(C)(C)C)cc2)o1.CCc1ccc(OCc2ccc(C(=O)NNC(=S)NCC(C)C)o2)cc1.COc1cccc(OC)c1C(=O)NC(=S)NNC(=O)c1ccco1.Cc1ccc(OCc2ccc(C(=O)NNC(=S)NCC(C)C)o2)c(C)c1.O=C(NNC(=S)NC(=O)c1ccco1)c1cccc(O)c1. The summed E-state index contributed by atoms with van der Waals surface area (Å²) >= 11 is 25.1. The van der Waals surface area contributed by atoms with Gasteiger partial charge in [-0.3, -0.25) is 98.5 Å². The molecule has 0 bridgehead atoms. The number of aromatic hydroxyl groups is 1. The van der Waals surface area contributed by atoms with Gasteiger partial charge in [0, 0.05) is 25.2 Å². The molecule has 10 aromatic rings. The van der Waals surface area contributed by atoms with Crippen LogP contribution in [0.15, 0.2) is 204 Å². The Morgan fingerprint density at radius 1 is 0.400 bits per heavy atom. The van der Waals surface area contributed by atoms with Crippen molar-refractivity contribution in [1.29, 1.82) is 0 Å². The Bertz CT molecular complexity index is 5160. The molecule has 5 heterocycles. The lowest BCUT2D eigenvalue weighted by Crippen LogP contribution is -2.48. The number of hydrazine groups is 5. The van der Waals surface area contributed by atoms with Crippen molar-refractivity contribution in [1.82, 2.24) is 80.8 Å². The van der Waals surface area contributed by atoms with Gasteiger partial charge in [-0.2, -0.15) is 0 Å². The summed E-state index contributed by atoms with van der Waals surface area (Å²) in [4.78, 5) is 83.6. The first-order valence-corrected chi connectivity index (χ1v) is 41.0. The van der Waals surface area contributed by atoms with Crippen LogP contribution in [0.1, 0.15) is 182 Å². The average molecular weight is 1810 g/mol. The molecule has 33 nitrogen and oxygen atoms in total. The van der Waals surface area contributed by atoms with Crippen LogP contribution in [0.3, 0.4) is 0 Å². The molecule has 5 aromatic heterocycles. The summed E-state index contributed by atoms with van der Waals surface area (Å²) in [6.45, 7) is 28.0. The number of rotatable bonds is 25. The highest BCUT2D eigenvalue weighted by Gasteiger charge is 2.22. The second-order valence-corrected chi connectivity index (χ2v) is 31.1. The van der Waals surface area contributed by atoms with Crippen LogP contribution in [0, 0.1) is 31.6 Å². The van der Waals surface area contributed by atoms with E-state index >= 15 is 0 Å². The molecular weight excluding hydrogens is 1700 g/mol. The van der Waals surface area contributed by atoms with Crippen LogP contribution in [0.25, 0.3) is 0 Å². The van der Waals surface area contributed by atoms with E-state index in [-0.39, 0.29) is 81.1 Å². The maximum Gasteiger partial charge on any atom is 0.305 e. The third-order valence-electron chi connectivity index (χ3n) is 16.3. The molecule has 0 aliphatic carbocycles. The second-order valence-electron chi connectivity index (χ2n) is 29.0. The van der Waals surface area contributed by atoms with Crippen LogP contribution in [0.5, 0.6) is 34.5 Å². The minimum atomic E-state index is -0.547. The lowest BCUT2D eigenvalue weighted by atomic mass is 9.87. The molecule has 16 N–H and O–H groups in total. The van der Waals surface area contributed by atoms with Crippen LogP contribution < -0.4 is 105 Å². The average Bonchev–Trinajstić information content (AvgIpc) is 1.58. The molecule has 0 fully saturated rings. The number of thiocarbonyl (C=S) groups is 5. The van der Waals surface area contributed by atoms with E-state index in [1.54, 1.807) is 66.7 Å². The molecule has 7 amide bonds. The molecule has 0 saturated heterocycles. The van der Waals surface area contributed by atoms with E-state index in [2.05, 4.69) is 168 Å². The predicted octanol–water partition coefficient (Wildman–Crippen LogP) is 12.5. The van der Waals surface area contributed by atoms with Crippen molar-refractivity contribution < 1.29 is 84.4 Å². The van der Waals surface area contributed by atoms with Crippen LogP contribution >= 0.6 is 61.1 Å². The van der Waals surface area contributed by atoms with Gasteiger partial charge in [0.25, 0.3) is 17.7 Å². The number of benzene rings is 5. The third-order valence-corrected chi connectivity index (χ3v) is 17.5. The first-order valence-electron chi connectivity index (χ1n) is 38.9. The molecule has 0 aliphatic heterocycles. The number of methoxy groups -OCH3 is 2. The molecule has 10 rings (SSSR count). The highest BCUT2D eigenvalue weighted by atomic mass is 32.1. The van der Waals surface area contributed by atoms with Crippen molar-refractivity contribution in [3.05, 3.63) is 262 Å². The third kappa shape index (κ3) is 37.0. The first kappa shape index (κ1) is 100. The number of furan rings is 5. The maximum absolute atomic E-state index is 12.4. The number of aryl methyl sites for hydroxylation is 3. The van der Waals surface area contributed by atoms with Crippen LogP contribution in [0.4, 0.5) is 0 Å². The monoisotopic (exact) mass is 1810 g/mol. The summed E-state index contributed by atoms with van der Waals surface area (Å²) in [5.74, 6) is 3.37. The normalized spacial score (nSPS) is 10.4. The highest BCUT2D eigenvalue weighted by Crippen LogP contribution is 2.29. The number of phenolic OH excluding ortho intramolecular Hbond substituents is 1. The second kappa shape index (κ2) is 52.0. The van der Waals surface area contributed by atoms with Gasteiger partial charge in [-0.1, -0.05) is 123 Å². The van der Waals surface area contributed by atoms with E-state index in [9.17, 15) is 38.7 Å². The molecule has 38 heteroatoms. The molecule has 0 unspecified atom stereocenters. The van der Waals surface area contributed by atoms with Crippen LogP contribution in [-0.4, -0.2) is 106 Å². The van der Waals surface area contributed by atoms with E-state index in [4.69, 9.17) is 107 Å². The van der Waals surface area contributed by atoms with Crippen molar-refractivity contribution >= 4 is 128 Å². The molecular formula is C87H105N15O18S5. The van der Waals surface area contributed by atoms with Gasteiger partial charge in [-0.15, -0.1) is 0 Å². The van der Waals surface area contributed by atoms with Gasteiger partial charge in [-0.05, 0) is 243 Å². The number of ether oxygens (including phenoxy) is 5. The number of nitrogens with one attached hydrogen (secondary N) is 15. The van der Waals surface area contributed by atoms with Crippen LogP contribution in [0.2, 0.25) is 0 Å². The smallest absolute Gasteiger partial charge is 0.305 e. The van der Waals surface area contributed by atoms with Crippen molar-refractivity contribution in [2.24, 2.45) is 17.8 Å². The topological polar surface area (TPSA) is 432 Å². The first-order chi connectivity index (χ1) is 59.6. The number of phenols is 1. The Kier molecular flexibility index (Phi) is 41.7. The Balaban J connectivity index is 0.000000242. The highest BCUT2D eigenvalue weighted by molar-refractivity contribution is 7.81. The predicted molar refractivity (Wildman–Crippen MR) is 491 cm³/mol. The summed E-state index contributed by atoms with van der Waals surface area (Å²) < 4.78 is 53.8. The van der Waals surface area contributed by atoms with Gasteiger partial charge in [0.05, 0.1) is 26.7 Å². The summed E-state index contributed by atoms with van der Waals surface area (Å²) in [6, 6.07) is 48.6. The van der Waals surface area contributed by atoms with Crippen molar-refractivity contribution in [3.8, 4) is 34.5 Å². The van der Waals surface area contributed by atoms with E-state index < -0.39 is 41.4 Å². The lowest BCUT2D eigenvalue weighted by molar-refractivity contribution is 0.0904. The zero-order chi connectivity index (χ0) is 91.5. The van der Waals surface area contributed by atoms with Crippen molar-refractivity contribution in [2.45, 2.75) is 115 Å². The quantitative estimate of drug-likeness (QED) is 0.0187. The fourth-order valence-corrected chi connectivity index (χ4v) is 10.6. The molecule has 0 aliphatic rings. The fourth-order valence-electron chi connectivity index (χ4n) is 9.86. The van der Waals surface area contributed by atoms with Crippen molar-refractivity contribution in [3.63, 3.8) is 0 Å². The Labute approximate surface area is 751 Å². The minimum absolute atomic E-state index is 0.0312. The molecule has 5 aromatic carbocycles. The lowest BCUT2D eigenvalue weighted by Gasteiger charge is -2.19. The summed E-state index contributed by atoms with van der Waals surface area (Å²) in [5.41, 5.74) is 30.1. The standard InChI is InChI=1S/C21H29N3O3S.2C19H25N3O3S.C15H15N3O5S.C13H11N3O4S/c1-14(2)12-22-20(28)24-23-19(25)18-11-10-17(27-18)13-26-16-8-6-15(7-9-16)21(3,4)5;1-12(2)10-20-19(26)22-21-18(23)17-8-6-15(25-17)11-24-16-7-5-13(3)9-14(16)4;1-4-14-5-7-15(8-6-14)24-12-16-9-10-17(25-16)18(23)21-22-19(26)20-11-13(2)3;1-21-9-5-3-6-10(22-2)12(9)14(20)16-15(24)18-17-13(19)11-7-4-8-23-11;17-9-4-1-3-8(7-9)11(18)15-16-13(21)14-12(19)10-5-2-6-20-10/h6-11,14H,12-13H2,1-5H3,(H,23,25)(H2,22,24,28);5-9,12H,10-11H2,1-4H3,(H,21,23)(H2,20,22,26);5-10,13H,4,11-12H2,1-3H3,(H,21,23)(H2,20,22,26);3-8H,1-2H3,(H,17,19)(H2,16,18,20,24);1-7,17H,(H,15,18)(H2,14,16,19,21). The van der Waals surface area contributed by atoms with E-state index in [1.807, 2.05) is 62.4 Å². The van der Waals surface area contributed by atoms with Gasteiger partial charge >= 0.3 is 23.6 Å². The van der Waals surface area contributed by atoms with Gasteiger partial charge in [-0.25, -0.2) is 0 Å². The molecule has 0 saturated carbocycles. The number of hydrogen-bond donors (Lipinski definition) is 16. The Morgan fingerprint density at radius 3 is 1.18 bits per heavy atom. The van der Waals surface area contributed by atoms with Crippen molar-refractivity contribution in [2.75, 3.05) is 33.9 Å². The zero-order valence-electron chi connectivity index (χ0n) is 71.4. The maximum atomic E-state index is 12.4. The minimum Gasteiger partial charge on any atom is -0.508 e. The molecule has 666 valence electrons. The number of carbonyl (C=O) groups excluding carboxylic acids is 7. The van der Waals surface area contributed by atoms with Gasteiger partial charge < -0.3 is 66.8 Å². The van der Waals surface area contributed by atoms with E-state index in [0.717, 1.165) is 48.9 Å². The Morgan fingerprint density at radius 2 is 0.792 bits per heavy atom. The summed E-state index contributed by atoms with van der Waals surface area (Å²) in [5, 5.41) is 23.9. The molecule has 0 radical (unpaired) electrons. The fraction of sp³-hybridized carbons (Fsp3) is 0.287. The Hall–Kier alpha value is -13.6. The number of carbonyl (C=O) groups is 7. The van der Waals surface area contributed by atoms with E-state index in [1.165, 1.54) is 79.8 Å². The molecule has 0 atom stereocenters. The molecule has 125 heavy (non-hydrogen) atoms. The summed E-state index contributed by atoms with van der Waals surface area (Å²) in [6.07, 6.45) is 3.71. The molecule has 0 spiro atoms. The zero-order valence-corrected chi connectivity index (χ0v) is 75.5.